The Bertz CT molecular complexity index is 1140. The van der Waals surface area contributed by atoms with E-state index in [1.807, 2.05) is 28.8 Å². The van der Waals surface area contributed by atoms with E-state index >= 15 is 0 Å². The van der Waals surface area contributed by atoms with Gasteiger partial charge in [0.1, 0.15) is 12.1 Å². The molecule has 2 heterocycles. The fraction of sp³-hybridized carbons (Fsp3) is 0.167. The minimum atomic E-state index is 0.229. The fourth-order valence-electron chi connectivity index (χ4n) is 2.95. The molecule has 0 saturated carbocycles. The summed E-state index contributed by atoms with van der Waals surface area (Å²) in [6, 6.07) is 11.9. The van der Waals surface area contributed by atoms with Crippen molar-refractivity contribution in [2.45, 2.75) is 20.4 Å². The van der Waals surface area contributed by atoms with Crippen LogP contribution in [0.2, 0.25) is 5.02 Å². The predicted molar refractivity (Wildman–Crippen MR) is 92.6 cm³/mol. The van der Waals surface area contributed by atoms with E-state index in [2.05, 4.69) is 26.0 Å². The van der Waals surface area contributed by atoms with Crippen LogP contribution in [-0.2, 0) is 6.54 Å². The third kappa shape index (κ3) is 2.05. The van der Waals surface area contributed by atoms with Crippen LogP contribution >= 0.6 is 11.6 Å². The van der Waals surface area contributed by atoms with Gasteiger partial charge in [0, 0.05) is 10.4 Å². The van der Waals surface area contributed by atoms with Gasteiger partial charge in [-0.2, -0.15) is 5.26 Å². The number of hydrogen-bond acceptors (Lipinski definition) is 3. The molecule has 0 saturated heterocycles. The van der Waals surface area contributed by atoms with Gasteiger partial charge < -0.3 is 4.57 Å². The summed E-state index contributed by atoms with van der Waals surface area (Å²) in [5.41, 5.74) is 6.50. The molecule has 112 valence electrons. The lowest BCUT2D eigenvalue weighted by Gasteiger charge is -2.04. The van der Waals surface area contributed by atoms with E-state index < -0.39 is 0 Å². The van der Waals surface area contributed by atoms with E-state index in [0.717, 1.165) is 33.1 Å². The molecule has 0 aliphatic rings. The number of hydrogen-bond donors (Lipinski definition) is 0. The molecule has 0 unspecified atom stereocenters. The first-order chi connectivity index (χ1) is 11.1. The zero-order valence-electron chi connectivity index (χ0n) is 12.8. The average molecular weight is 321 g/mol. The van der Waals surface area contributed by atoms with Crippen molar-refractivity contribution in [2.24, 2.45) is 0 Å². The van der Waals surface area contributed by atoms with Gasteiger partial charge in [-0.3, -0.25) is 0 Å². The van der Waals surface area contributed by atoms with Crippen LogP contribution in [0.3, 0.4) is 0 Å². The van der Waals surface area contributed by atoms with Crippen LogP contribution in [0, 0.1) is 25.2 Å². The summed E-state index contributed by atoms with van der Waals surface area (Å²) >= 11 is 6.15. The van der Waals surface area contributed by atoms with Crippen LogP contribution in [0.25, 0.3) is 33.1 Å². The second kappa shape index (κ2) is 4.94. The second-order valence-electron chi connectivity index (χ2n) is 5.73. The quantitative estimate of drug-likeness (QED) is 0.517. The second-order valence-corrected chi connectivity index (χ2v) is 6.16. The predicted octanol–water partition coefficient (Wildman–Crippen LogP) is 4.53. The molecule has 0 N–H and O–H groups in total. The van der Waals surface area contributed by atoms with Crippen LogP contribution < -0.4 is 0 Å². The van der Waals surface area contributed by atoms with Gasteiger partial charge in [-0.05, 0) is 55.3 Å². The van der Waals surface area contributed by atoms with Crippen LogP contribution in [0.5, 0.6) is 0 Å². The van der Waals surface area contributed by atoms with E-state index in [4.69, 9.17) is 26.8 Å². The molecule has 0 aliphatic carbocycles. The van der Waals surface area contributed by atoms with E-state index in [9.17, 15) is 0 Å². The van der Waals surface area contributed by atoms with E-state index in [-0.39, 0.29) is 6.54 Å². The molecule has 0 aliphatic heterocycles. The van der Waals surface area contributed by atoms with Crippen molar-refractivity contribution < 1.29 is 0 Å². The maximum atomic E-state index is 9.16. The normalized spacial score (nSPS) is 11.4. The van der Waals surface area contributed by atoms with Crippen molar-refractivity contribution in [3.05, 3.63) is 46.5 Å². The molecule has 0 radical (unpaired) electrons. The molecule has 2 aromatic heterocycles. The van der Waals surface area contributed by atoms with Gasteiger partial charge in [0.2, 0.25) is 0 Å². The Kier molecular flexibility index (Phi) is 3.00. The SMILES string of the molecule is Cc1cc2nc3c4cc(Cl)ccc4n(CC#N)c3nc2cc1C. The van der Waals surface area contributed by atoms with E-state index in [1.54, 1.807) is 0 Å². The topological polar surface area (TPSA) is 54.5 Å². The molecule has 0 fully saturated rings. The Labute approximate surface area is 137 Å². The lowest BCUT2D eigenvalue weighted by Crippen LogP contribution is -1.98. The van der Waals surface area contributed by atoms with Crippen LogP contribution in [-0.4, -0.2) is 14.5 Å². The third-order valence-corrected chi connectivity index (χ3v) is 4.49. The van der Waals surface area contributed by atoms with Gasteiger partial charge in [0.05, 0.1) is 22.6 Å². The molecule has 0 spiro atoms. The highest BCUT2D eigenvalue weighted by Gasteiger charge is 2.15. The van der Waals surface area contributed by atoms with Gasteiger partial charge in [0.15, 0.2) is 5.65 Å². The molecule has 0 amide bonds. The van der Waals surface area contributed by atoms with E-state index in [0.29, 0.717) is 5.02 Å². The Morgan fingerprint density at radius 2 is 1.78 bits per heavy atom. The number of nitriles is 1. The maximum absolute atomic E-state index is 9.16. The molecule has 23 heavy (non-hydrogen) atoms. The van der Waals surface area contributed by atoms with Gasteiger partial charge in [0.25, 0.3) is 0 Å². The van der Waals surface area contributed by atoms with Gasteiger partial charge in [-0.25, -0.2) is 9.97 Å². The summed E-state index contributed by atoms with van der Waals surface area (Å²) < 4.78 is 1.89. The average Bonchev–Trinajstić information content (AvgIpc) is 2.80. The Morgan fingerprint density at radius 1 is 1.09 bits per heavy atom. The largest absolute Gasteiger partial charge is 0.310 e. The summed E-state index contributed by atoms with van der Waals surface area (Å²) in [7, 11) is 0. The van der Waals surface area contributed by atoms with Crippen molar-refractivity contribution in [1.82, 2.24) is 14.5 Å². The van der Waals surface area contributed by atoms with Crippen LogP contribution in [0.1, 0.15) is 11.1 Å². The summed E-state index contributed by atoms with van der Waals surface area (Å²) in [4.78, 5) is 9.57. The van der Waals surface area contributed by atoms with Crippen molar-refractivity contribution in [3.8, 4) is 6.07 Å². The molecular formula is C18H13ClN4. The van der Waals surface area contributed by atoms with E-state index in [1.165, 1.54) is 11.1 Å². The molecule has 5 heteroatoms. The Morgan fingerprint density at radius 3 is 2.48 bits per heavy atom. The first-order valence-corrected chi connectivity index (χ1v) is 7.69. The van der Waals surface area contributed by atoms with Crippen molar-refractivity contribution in [2.75, 3.05) is 0 Å². The molecule has 2 aromatic carbocycles. The number of nitrogens with zero attached hydrogens (tertiary/aromatic N) is 4. The molecule has 4 rings (SSSR count). The number of benzene rings is 2. The number of aromatic nitrogens is 3. The zero-order chi connectivity index (χ0) is 16.1. The zero-order valence-corrected chi connectivity index (χ0v) is 13.5. The lowest BCUT2D eigenvalue weighted by molar-refractivity contribution is 0.896. The lowest BCUT2D eigenvalue weighted by atomic mass is 10.1. The number of rotatable bonds is 1. The minimum absolute atomic E-state index is 0.229. The van der Waals surface area contributed by atoms with Gasteiger partial charge in [-0.1, -0.05) is 11.6 Å². The van der Waals surface area contributed by atoms with Gasteiger partial charge >= 0.3 is 0 Å². The van der Waals surface area contributed by atoms with Gasteiger partial charge in [-0.15, -0.1) is 0 Å². The van der Waals surface area contributed by atoms with Crippen molar-refractivity contribution in [3.63, 3.8) is 0 Å². The monoisotopic (exact) mass is 320 g/mol. The first kappa shape index (κ1) is 14.0. The number of halogens is 1. The Balaban J connectivity index is 2.22. The van der Waals surface area contributed by atoms with Crippen molar-refractivity contribution in [1.29, 1.82) is 5.26 Å². The summed E-state index contributed by atoms with van der Waals surface area (Å²) in [6.07, 6.45) is 0. The molecule has 0 atom stereocenters. The number of fused-ring (bicyclic) bond motifs is 4. The standard InChI is InChI=1S/C18H13ClN4/c1-10-7-14-15(8-11(10)2)22-18-17(21-14)13-9-12(19)3-4-16(13)23(18)6-5-20/h3-4,7-9H,6H2,1-2H3. The third-order valence-electron chi connectivity index (χ3n) is 4.25. The summed E-state index contributed by atoms with van der Waals surface area (Å²) in [6.45, 7) is 4.36. The molecule has 4 aromatic rings. The fourth-order valence-corrected chi connectivity index (χ4v) is 3.12. The smallest absolute Gasteiger partial charge is 0.161 e. The highest BCUT2D eigenvalue weighted by atomic mass is 35.5. The summed E-state index contributed by atoms with van der Waals surface area (Å²) in [5, 5.41) is 10.7. The summed E-state index contributed by atoms with van der Waals surface area (Å²) in [5.74, 6) is 0. The molecular weight excluding hydrogens is 308 g/mol. The first-order valence-electron chi connectivity index (χ1n) is 7.32. The highest BCUT2D eigenvalue weighted by Crippen LogP contribution is 2.30. The maximum Gasteiger partial charge on any atom is 0.161 e. The highest BCUT2D eigenvalue weighted by molar-refractivity contribution is 6.31. The van der Waals surface area contributed by atoms with Crippen LogP contribution in [0.15, 0.2) is 30.3 Å². The minimum Gasteiger partial charge on any atom is -0.310 e. The van der Waals surface area contributed by atoms with Crippen LogP contribution in [0.4, 0.5) is 0 Å². The molecule has 0 bridgehead atoms. The van der Waals surface area contributed by atoms with Crippen molar-refractivity contribution >= 4 is 44.7 Å². The number of aryl methyl sites for hydroxylation is 2. The Hall–Kier alpha value is -2.64. The molecule has 4 nitrogen and oxygen atoms in total.